The summed E-state index contributed by atoms with van der Waals surface area (Å²) < 4.78 is 6.93. The van der Waals surface area contributed by atoms with Gasteiger partial charge in [-0.25, -0.2) is 0 Å². The fraction of sp³-hybridized carbons (Fsp3) is 0.353. The van der Waals surface area contributed by atoms with E-state index < -0.39 is 4.92 Å². The highest BCUT2D eigenvalue weighted by molar-refractivity contribution is 5.30. The molecule has 0 atom stereocenters. The Bertz CT molecular complexity index is 748. The first-order chi connectivity index (χ1) is 10.9. The van der Waals surface area contributed by atoms with Gasteiger partial charge in [-0.15, -0.1) is 0 Å². The predicted octanol–water partition coefficient (Wildman–Crippen LogP) is 3.27. The van der Waals surface area contributed by atoms with E-state index in [2.05, 4.69) is 13.8 Å². The van der Waals surface area contributed by atoms with Crippen LogP contribution in [0.1, 0.15) is 30.9 Å². The number of aryl methyl sites for hydroxylation is 1. The number of nitro groups is 1. The number of pyridine rings is 1. The number of benzene rings is 1. The fourth-order valence-corrected chi connectivity index (χ4v) is 2.24. The standard InChI is InChI=1S/C17H20N2O4/c1-12(2)14-4-6-16(7-5-14)23-9-8-18-11-15(19(21)22)10-13(3)17(18)20/h4-7,10-12H,8-9H2,1-3H3. The Labute approximate surface area is 134 Å². The van der Waals surface area contributed by atoms with Gasteiger partial charge in [-0.2, -0.15) is 0 Å². The minimum atomic E-state index is -0.506. The van der Waals surface area contributed by atoms with Crippen LogP contribution < -0.4 is 10.3 Å². The lowest BCUT2D eigenvalue weighted by Gasteiger charge is -2.10. The molecule has 1 heterocycles. The zero-order chi connectivity index (χ0) is 17.0. The second kappa shape index (κ2) is 7.09. The summed E-state index contributed by atoms with van der Waals surface area (Å²) in [6.45, 7) is 6.33. The number of hydrogen-bond acceptors (Lipinski definition) is 4. The molecule has 0 radical (unpaired) electrons. The summed E-state index contributed by atoms with van der Waals surface area (Å²) >= 11 is 0. The summed E-state index contributed by atoms with van der Waals surface area (Å²) in [5.41, 5.74) is 1.24. The smallest absolute Gasteiger partial charge is 0.286 e. The van der Waals surface area contributed by atoms with Gasteiger partial charge in [-0.05, 0) is 30.5 Å². The fourth-order valence-electron chi connectivity index (χ4n) is 2.24. The summed E-state index contributed by atoms with van der Waals surface area (Å²) in [6.07, 6.45) is 1.25. The molecule has 0 unspecified atom stereocenters. The molecule has 0 spiro atoms. The molecular weight excluding hydrogens is 296 g/mol. The Morgan fingerprint density at radius 2 is 1.91 bits per heavy atom. The summed E-state index contributed by atoms with van der Waals surface area (Å²) in [7, 11) is 0. The van der Waals surface area contributed by atoms with Crippen molar-refractivity contribution in [3.8, 4) is 5.75 Å². The maximum absolute atomic E-state index is 12.0. The van der Waals surface area contributed by atoms with E-state index >= 15 is 0 Å². The highest BCUT2D eigenvalue weighted by Gasteiger charge is 2.11. The molecule has 1 aromatic carbocycles. The predicted molar refractivity (Wildman–Crippen MR) is 88.1 cm³/mol. The molecule has 0 aliphatic heterocycles. The number of hydrogen-bond donors (Lipinski definition) is 0. The maximum atomic E-state index is 12.0. The van der Waals surface area contributed by atoms with Gasteiger partial charge in [-0.3, -0.25) is 14.9 Å². The van der Waals surface area contributed by atoms with Crippen molar-refractivity contribution in [2.45, 2.75) is 33.2 Å². The van der Waals surface area contributed by atoms with Crippen LogP contribution in [-0.4, -0.2) is 16.1 Å². The quantitative estimate of drug-likeness (QED) is 0.605. The minimum Gasteiger partial charge on any atom is -0.492 e. The van der Waals surface area contributed by atoms with Crippen LogP contribution in [0.5, 0.6) is 5.75 Å². The average molecular weight is 316 g/mol. The average Bonchev–Trinajstić information content (AvgIpc) is 2.51. The van der Waals surface area contributed by atoms with Gasteiger partial charge in [0.05, 0.1) is 17.7 Å². The summed E-state index contributed by atoms with van der Waals surface area (Å²) in [5.74, 6) is 1.17. The number of ether oxygens (including phenoxy) is 1. The molecule has 23 heavy (non-hydrogen) atoms. The summed E-state index contributed by atoms with van der Waals surface area (Å²) in [4.78, 5) is 22.3. The summed E-state index contributed by atoms with van der Waals surface area (Å²) in [6, 6.07) is 9.06. The van der Waals surface area contributed by atoms with E-state index in [0.29, 0.717) is 17.2 Å². The summed E-state index contributed by atoms with van der Waals surface area (Å²) in [5, 5.41) is 10.9. The highest BCUT2D eigenvalue weighted by atomic mass is 16.6. The van der Waals surface area contributed by atoms with Crippen molar-refractivity contribution in [1.82, 2.24) is 4.57 Å². The third kappa shape index (κ3) is 4.18. The normalized spacial score (nSPS) is 10.8. The van der Waals surface area contributed by atoms with Crippen molar-refractivity contribution in [2.75, 3.05) is 6.61 Å². The van der Waals surface area contributed by atoms with E-state index in [1.54, 1.807) is 6.92 Å². The monoisotopic (exact) mass is 316 g/mol. The van der Waals surface area contributed by atoms with Crippen LogP contribution in [0, 0.1) is 17.0 Å². The van der Waals surface area contributed by atoms with Gasteiger partial charge in [0.15, 0.2) is 0 Å². The van der Waals surface area contributed by atoms with Crippen LogP contribution in [-0.2, 0) is 6.54 Å². The zero-order valence-electron chi connectivity index (χ0n) is 13.5. The lowest BCUT2D eigenvalue weighted by molar-refractivity contribution is -0.385. The first kappa shape index (κ1) is 16.7. The van der Waals surface area contributed by atoms with E-state index in [4.69, 9.17) is 4.74 Å². The Morgan fingerprint density at radius 1 is 1.26 bits per heavy atom. The molecule has 0 aliphatic carbocycles. The third-order valence-corrected chi connectivity index (χ3v) is 3.61. The van der Waals surface area contributed by atoms with E-state index in [1.165, 1.54) is 22.4 Å². The van der Waals surface area contributed by atoms with Crippen LogP contribution in [0.2, 0.25) is 0 Å². The molecule has 0 fully saturated rings. The van der Waals surface area contributed by atoms with E-state index in [-0.39, 0.29) is 24.4 Å². The number of rotatable bonds is 6. The molecular formula is C17H20N2O4. The molecule has 0 aliphatic rings. The van der Waals surface area contributed by atoms with Crippen molar-refractivity contribution in [2.24, 2.45) is 0 Å². The Morgan fingerprint density at radius 3 is 2.48 bits per heavy atom. The lowest BCUT2D eigenvalue weighted by atomic mass is 10.0. The molecule has 0 saturated heterocycles. The van der Waals surface area contributed by atoms with Gasteiger partial charge in [0.25, 0.3) is 11.2 Å². The van der Waals surface area contributed by atoms with Crippen molar-refractivity contribution < 1.29 is 9.66 Å². The molecule has 0 N–H and O–H groups in total. The zero-order valence-corrected chi connectivity index (χ0v) is 13.5. The van der Waals surface area contributed by atoms with E-state index in [1.807, 2.05) is 24.3 Å². The number of aromatic nitrogens is 1. The number of nitrogens with zero attached hydrogens (tertiary/aromatic N) is 2. The molecule has 6 nitrogen and oxygen atoms in total. The molecule has 0 bridgehead atoms. The van der Waals surface area contributed by atoms with Crippen LogP contribution in [0.15, 0.2) is 41.3 Å². The molecule has 122 valence electrons. The molecule has 2 rings (SSSR count). The first-order valence-corrected chi connectivity index (χ1v) is 7.46. The molecule has 0 amide bonds. The largest absolute Gasteiger partial charge is 0.492 e. The van der Waals surface area contributed by atoms with Gasteiger partial charge >= 0.3 is 0 Å². The van der Waals surface area contributed by atoms with Crippen LogP contribution in [0.4, 0.5) is 5.69 Å². The van der Waals surface area contributed by atoms with Crippen molar-refractivity contribution in [1.29, 1.82) is 0 Å². The van der Waals surface area contributed by atoms with Crippen LogP contribution in [0.3, 0.4) is 0 Å². The van der Waals surface area contributed by atoms with Gasteiger partial charge < -0.3 is 9.30 Å². The molecule has 1 aromatic heterocycles. The third-order valence-electron chi connectivity index (χ3n) is 3.61. The van der Waals surface area contributed by atoms with Crippen LogP contribution in [0.25, 0.3) is 0 Å². The van der Waals surface area contributed by atoms with Gasteiger partial charge in [-0.1, -0.05) is 26.0 Å². The van der Waals surface area contributed by atoms with Crippen molar-refractivity contribution >= 4 is 5.69 Å². The highest BCUT2D eigenvalue weighted by Crippen LogP contribution is 2.18. The molecule has 6 heteroatoms. The molecule has 2 aromatic rings. The lowest BCUT2D eigenvalue weighted by Crippen LogP contribution is -2.24. The first-order valence-electron chi connectivity index (χ1n) is 7.46. The second-order valence-electron chi connectivity index (χ2n) is 5.71. The second-order valence-corrected chi connectivity index (χ2v) is 5.71. The Balaban J connectivity index is 2.03. The maximum Gasteiger partial charge on any atom is 0.286 e. The Kier molecular flexibility index (Phi) is 5.16. The van der Waals surface area contributed by atoms with Crippen LogP contribution >= 0.6 is 0 Å². The van der Waals surface area contributed by atoms with Gasteiger partial charge in [0.1, 0.15) is 12.4 Å². The minimum absolute atomic E-state index is 0.0941. The van der Waals surface area contributed by atoms with E-state index in [0.717, 1.165) is 0 Å². The van der Waals surface area contributed by atoms with Crippen molar-refractivity contribution in [3.05, 3.63) is 68.1 Å². The van der Waals surface area contributed by atoms with Gasteiger partial charge in [0.2, 0.25) is 0 Å². The Hall–Kier alpha value is -2.63. The van der Waals surface area contributed by atoms with Crippen molar-refractivity contribution in [3.63, 3.8) is 0 Å². The van der Waals surface area contributed by atoms with E-state index in [9.17, 15) is 14.9 Å². The SMILES string of the molecule is Cc1cc([N+](=O)[O-])cn(CCOc2ccc(C(C)C)cc2)c1=O. The topological polar surface area (TPSA) is 74.4 Å². The van der Waals surface area contributed by atoms with Gasteiger partial charge in [0, 0.05) is 11.6 Å². The molecule has 0 saturated carbocycles.